The molecule has 3 aromatic carbocycles. The third-order valence-corrected chi connectivity index (χ3v) is 5.62. The second-order valence-corrected chi connectivity index (χ2v) is 8.24. The Labute approximate surface area is 216 Å². The highest BCUT2D eigenvalue weighted by atomic mass is 16.6. The molecule has 0 bridgehead atoms. The first-order chi connectivity index (χ1) is 17.9. The monoisotopic (exact) mass is 502 g/mol. The zero-order chi connectivity index (χ0) is 26.6. The fourth-order valence-corrected chi connectivity index (χ4v) is 3.20. The van der Waals surface area contributed by atoms with Gasteiger partial charge in [0.15, 0.2) is 0 Å². The third kappa shape index (κ3) is 8.35. The molecule has 0 fully saturated rings. The minimum Gasteiger partial charge on any atom is -0.490 e. The van der Waals surface area contributed by atoms with E-state index in [1.165, 1.54) is 13.2 Å². The maximum Gasteiger partial charge on any atom is 0.343 e. The van der Waals surface area contributed by atoms with Gasteiger partial charge >= 0.3 is 17.9 Å². The van der Waals surface area contributed by atoms with Gasteiger partial charge in [-0.3, -0.25) is 4.79 Å². The van der Waals surface area contributed by atoms with Gasteiger partial charge in [0.05, 0.1) is 18.6 Å². The largest absolute Gasteiger partial charge is 0.490 e. The van der Waals surface area contributed by atoms with Gasteiger partial charge in [0, 0.05) is 6.08 Å². The van der Waals surface area contributed by atoms with E-state index in [0.29, 0.717) is 17.1 Å². The molecule has 0 heterocycles. The molecular formula is C30H30O7. The molecule has 0 aromatic heterocycles. The zero-order valence-corrected chi connectivity index (χ0v) is 21.1. The zero-order valence-electron chi connectivity index (χ0n) is 21.1. The van der Waals surface area contributed by atoms with Crippen molar-refractivity contribution in [1.29, 1.82) is 0 Å². The lowest BCUT2D eigenvalue weighted by molar-refractivity contribution is -0.148. The van der Waals surface area contributed by atoms with E-state index < -0.39 is 11.9 Å². The van der Waals surface area contributed by atoms with Crippen LogP contribution in [0.4, 0.5) is 0 Å². The van der Waals surface area contributed by atoms with Crippen molar-refractivity contribution in [2.75, 3.05) is 20.3 Å². The van der Waals surface area contributed by atoms with E-state index in [4.69, 9.17) is 14.2 Å². The number of hydrogen-bond donors (Lipinski definition) is 0. The van der Waals surface area contributed by atoms with Crippen LogP contribution in [0.3, 0.4) is 0 Å². The molecule has 1 unspecified atom stereocenters. The number of carbonyl (C=O) groups is 3. The van der Waals surface area contributed by atoms with Gasteiger partial charge < -0.3 is 18.9 Å². The highest BCUT2D eigenvalue weighted by Gasteiger charge is 2.12. The van der Waals surface area contributed by atoms with E-state index in [1.807, 2.05) is 50.2 Å². The van der Waals surface area contributed by atoms with Crippen LogP contribution in [0.2, 0.25) is 0 Å². The normalized spacial score (nSPS) is 11.5. The van der Waals surface area contributed by atoms with Crippen LogP contribution in [-0.2, 0) is 19.1 Å². The van der Waals surface area contributed by atoms with Gasteiger partial charge in [0.2, 0.25) is 0 Å². The topological polar surface area (TPSA) is 88.1 Å². The Balaban J connectivity index is 1.50. The van der Waals surface area contributed by atoms with Crippen LogP contribution in [0.5, 0.6) is 11.5 Å². The van der Waals surface area contributed by atoms with Crippen molar-refractivity contribution in [3.05, 3.63) is 90.0 Å². The fraction of sp³-hybridized carbons (Fsp3) is 0.233. The molecule has 3 rings (SSSR count). The molecule has 0 amide bonds. The van der Waals surface area contributed by atoms with Crippen molar-refractivity contribution in [1.82, 2.24) is 0 Å². The summed E-state index contributed by atoms with van der Waals surface area (Å²) in [5.74, 6) is -0.267. The molecule has 0 aliphatic carbocycles. The Morgan fingerprint density at radius 3 is 2.00 bits per heavy atom. The van der Waals surface area contributed by atoms with Crippen LogP contribution in [0.25, 0.3) is 17.2 Å². The van der Waals surface area contributed by atoms with Crippen molar-refractivity contribution in [2.45, 2.75) is 20.3 Å². The van der Waals surface area contributed by atoms with Crippen molar-refractivity contribution < 1.29 is 33.3 Å². The number of ether oxygens (including phenoxy) is 4. The molecule has 0 aliphatic heterocycles. The van der Waals surface area contributed by atoms with E-state index in [0.717, 1.165) is 23.1 Å². The van der Waals surface area contributed by atoms with Crippen molar-refractivity contribution in [3.8, 4) is 22.6 Å². The van der Waals surface area contributed by atoms with Gasteiger partial charge in [-0.05, 0) is 65.6 Å². The van der Waals surface area contributed by atoms with Gasteiger partial charge in [-0.25, -0.2) is 9.59 Å². The minimum absolute atomic E-state index is 0.129. The Morgan fingerprint density at radius 1 is 0.811 bits per heavy atom. The summed E-state index contributed by atoms with van der Waals surface area (Å²) in [6.45, 7) is 4.15. The first kappa shape index (κ1) is 27.2. The number of methoxy groups -OCH3 is 1. The van der Waals surface area contributed by atoms with Crippen LogP contribution < -0.4 is 9.47 Å². The predicted octanol–water partition coefficient (Wildman–Crippen LogP) is 5.73. The number of carbonyl (C=O) groups excluding carboxylic acids is 3. The minimum atomic E-state index is -0.483. The van der Waals surface area contributed by atoms with E-state index in [9.17, 15) is 14.4 Å². The molecule has 0 spiro atoms. The first-order valence-corrected chi connectivity index (χ1v) is 12.0. The summed E-state index contributed by atoms with van der Waals surface area (Å²) < 4.78 is 20.8. The van der Waals surface area contributed by atoms with Gasteiger partial charge in [0.25, 0.3) is 0 Å². The summed E-state index contributed by atoms with van der Waals surface area (Å²) in [6.07, 6.45) is 3.78. The molecule has 7 nitrogen and oxygen atoms in total. The Bertz CT molecular complexity index is 1210. The molecule has 1 atom stereocenters. The highest BCUT2D eigenvalue weighted by molar-refractivity contribution is 5.91. The molecule has 0 saturated carbocycles. The van der Waals surface area contributed by atoms with Crippen LogP contribution in [0.1, 0.15) is 36.2 Å². The van der Waals surface area contributed by atoms with Crippen LogP contribution in [-0.4, -0.2) is 38.2 Å². The van der Waals surface area contributed by atoms with E-state index >= 15 is 0 Å². The molecule has 192 valence electrons. The van der Waals surface area contributed by atoms with Gasteiger partial charge in [-0.2, -0.15) is 0 Å². The van der Waals surface area contributed by atoms with Crippen LogP contribution in [0, 0.1) is 5.92 Å². The molecule has 0 aliphatic rings. The lowest BCUT2D eigenvalue weighted by Gasteiger charge is -2.10. The smallest absolute Gasteiger partial charge is 0.343 e. The Morgan fingerprint density at radius 2 is 1.41 bits per heavy atom. The third-order valence-electron chi connectivity index (χ3n) is 5.62. The summed E-state index contributed by atoms with van der Waals surface area (Å²) in [5.41, 5.74) is 3.20. The van der Waals surface area contributed by atoms with Crippen LogP contribution >= 0.6 is 0 Å². The van der Waals surface area contributed by atoms with E-state index in [2.05, 4.69) is 4.74 Å². The fourth-order valence-electron chi connectivity index (χ4n) is 3.20. The van der Waals surface area contributed by atoms with E-state index in [1.54, 1.807) is 42.5 Å². The number of rotatable bonds is 11. The molecule has 3 aromatic rings. The van der Waals surface area contributed by atoms with Crippen molar-refractivity contribution >= 4 is 24.0 Å². The number of esters is 3. The standard InChI is InChI=1S/C30H30O7/c1-4-21(2)29(32)36-20-19-35-26-14-12-25(13-15-26)30(33)37-27-16-10-24(11-17-27)23-8-5-22(6-9-23)7-18-28(31)34-3/h5-18,21H,4,19-20H2,1-3H3. The Kier molecular flexibility index (Phi) is 10.0. The summed E-state index contributed by atoms with van der Waals surface area (Å²) in [7, 11) is 1.33. The maximum absolute atomic E-state index is 12.5. The quantitative estimate of drug-likeness (QED) is 0.143. The second kappa shape index (κ2) is 13.6. The lowest BCUT2D eigenvalue weighted by Crippen LogP contribution is -2.17. The number of benzene rings is 3. The number of hydrogen-bond acceptors (Lipinski definition) is 7. The molecule has 7 heteroatoms. The summed E-state index contributed by atoms with van der Waals surface area (Å²) in [6, 6.07) is 21.5. The molecule has 0 N–H and O–H groups in total. The second-order valence-electron chi connectivity index (χ2n) is 8.24. The molecular weight excluding hydrogens is 472 g/mol. The van der Waals surface area contributed by atoms with Gasteiger partial charge in [-0.15, -0.1) is 0 Å². The molecule has 37 heavy (non-hydrogen) atoms. The lowest BCUT2D eigenvalue weighted by atomic mass is 10.0. The summed E-state index contributed by atoms with van der Waals surface area (Å²) in [4.78, 5) is 35.4. The van der Waals surface area contributed by atoms with Gasteiger partial charge in [-0.1, -0.05) is 50.2 Å². The highest BCUT2D eigenvalue weighted by Crippen LogP contribution is 2.24. The van der Waals surface area contributed by atoms with Crippen LogP contribution in [0.15, 0.2) is 78.9 Å². The van der Waals surface area contributed by atoms with Crippen molar-refractivity contribution in [2.24, 2.45) is 5.92 Å². The SMILES string of the molecule is CCC(C)C(=O)OCCOc1ccc(C(=O)Oc2ccc(-c3ccc(C=CC(=O)OC)cc3)cc2)cc1. The average molecular weight is 503 g/mol. The average Bonchev–Trinajstić information content (AvgIpc) is 2.94. The molecule has 0 saturated heterocycles. The van der Waals surface area contributed by atoms with Crippen molar-refractivity contribution in [3.63, 3.8) is 0 Å². The summed E-state index contributed by atoms with van der Waals surface area (Å²) >= 11 is 0. The maximum atomic E-state index is 12.5. The summed E-state index contributed by atoms with van der Waals surface area (Å²) in [5, 5.41) is 0. The molecule has 0 radical (unpaired) electrons. The Hall–Kier alpha value is -4.39. The van der Waals surface area contributed by atoms with E-state index in [-0.39, 0.29) is 25.1 Å². The first-order valence-electron chi connectivity index (χ1n) is 12.0. The van der Waals surface area contributed by atoms with Gasteiger partial charge in [0.1, 0.15) is 24.7 Å². The predicted molar refractivity (Wildman–Crippen MR) is 140 cm³/mol.